The summed E-state index contributed by atoms with van der Waals surface area (Å²) in [5, 5.41) is 18.9. The molecule has 0 saturated carbocycles. The zero-order chi connectivity index (χ0) is 14.1. The molecule has 1 aliphatic rings. The lowest BCUT2D eigenvalue weighted by molar-refractivity contribution is 0.272. The second-order valence-corrected chi connectivity index (χ2v) is 5.82. The number of aliphatic hydroxyl groups excluding tert-OH is 1. The molecular weight excluding hydrogens is 268 g/mol. The molecule has 100 valence electrons. The lowest BCUT2D eigenvalue weighted by Gasteiger charge is -2.37. The number of rotatable bonds is 2. The van der Waals surface area contributed by atoms with Crippen LogP contribution in [-0.4, -0.2) is 17.8 Å². The van der Waals surface area contributed by atoms with Crippen LogP contribution in [0.5, 0.6) is 0 Å². The summed E-state index contributed by atoms with van der Waals surface area (Å²) in [5.74, 6) is 0. The van der Waals surface area contributed by atoms with E-state index < -0.39 is 0 Å². The van der Waals surface area contributed by atoms with Crippen LogP contribution < -0.4 is 4.90 Å². The lowest BCUT2D eigenvalue weighted by Crippen LogP contribution is -2.34. The Morgan fingerprint density at radius 1 is 1.20 bits per heavy atom. The van der Waals surface area contributed by atoms with Gasteiger partial charge >= 0.3 is 0 Å². The Hall–Kier alpha value is -1.96. The van der Waals surface area contributed by atoms with Crippen molar-refractivity contribution in [3.8, 4) is 6.07 Å². The van der Waals surface area contributed by atoms with E-state index in [1.54, 1.807) is 11.8 Å². The van der Waals surface area contributed by atoms with Gasteiger partial charge in [0.1, 0.15) is 6.07 Å². The molecule has 3 nitrogen and oxygen atoms in total. The number of hydrogen-bond donors (Lipinski definition) is 1. The maximum Gasteiger partial charge on any atom is 0.101 e. The zero-order valence-electron chi connectivity index (χ0n) is 11.1. The zero-order valence-corrected chi connectivity index (χ0v) is 11.9. The molecule has 0 bridgehead atoms. The minimum atomic E-state index is -0.0784. The van der Waals surface area contributed by atoms with Gasteiger partial charge in [0.25, 0.3) is 0 Å². The molecule has 1 atom stereocenters. The molecule has 0 fully saturated rings. The summed E-state index contributed by atoms with van der Waals surface area (Å²) in [6.45, 7) is 2.00. The number of aliphatic hydroxyl groups is 1. The first kappa shape index (κ1) is 13.0. The molecule has 0 aliphatic carbocycles. The Morgan fingerprint density at radius 3 is 2.70 bits per heavy atom. The van der Waals surface area contributed by atoms with Crippen molar-refractivity contribution in [2.75, 3.05) is 11.5 Å². The van der Waals surface area contributed by atoms with Crippen molar-refractivity contribution in [3.05, 3.63) is 48.0 Å². The SMILES string of the molecule is CC(CO)N1c2ccccc2Sc2cccc(C#N)c21. The van der Waals surface area contributed by atoms with Gasteiger partial charge in [0, 0.05) is 9.79 Å². The molecular formula is C16H14N2OS. The number of para-hydroxylation sites is 2. The van der Waals surface area contributed by atoms with E-state index in [0.29, 0.717) is 5.56 Å². The van der Waals surface area contributed by atoms with Crippen LogP contribution in [0.15, 0.2) is 52.3 Å². The van der Waals surface area contributed by atoms with Crippen LogP contribution in [0.2, 0.25) is 0 Å². The topological polar surface area (TPSA) is 47.3 Å². The van der Waals surface area contributed by atoms with E-state index >= 15 is 0 Å². The Labute approximate surface area is 122 Å². The summed E-state index contributed by atoms with van der Waals surface area (Å²) in [6, 6.07) is 16.0. The lowest BCUT2D eigenvalue weighted by atomic mass is 10.1. The van der Waals surface area contributed by atoms with Gasteiger partial charge in [0.2, 0.25) is 0 Å². The van der Waals surface area contributed by atoms with E-state index in [2.05, 4.69) is 17.0 Å². The third-order valence-electron chi connectivity index (χ3n) is 3.41. The molecule has 1 heterocycles. The van der Waals surface area contributed by atoms with Gasteiger partial charge in [-0.05, 0) is 31.2 Å². The van der Waals surface area contributed by atoms with Crippen LogP contribution in [0.25, 0.3) is 0 Å². The summed E-state index contributed by atoms with van der Waals surface area (Å²) in [5.41, 5.74) is 2.60. The largest absolute Gasteiger partial charge is 0.394 e. The highest BCUT2D eigenvalue weighted by molar-refractivity contribution is 7.99. The van der Waals surface area contributed by atoms with Crippen LogP contribution in [0.1, 0.15) is 12.5 Å². The molecule has 3 rings (SSSR count). The molecule has 4 heteroatoms. The molecule has 0 saturated heterocycles. The molecule has 0 amide bonds. The maximum atomic E-state index is 9.57. The van der Waals surface area contributed by atoms with Crippen molar-refractivity contribution in [3.63, 3.8) is 0 Å². The number of fused-ring (bicyclic) bond motifs is 2. The fourth-order valence-corrected chi connectivity index (χ4v) is 3.57. The normalized spacial score (nSPS) is 14.2. The first-order valence-electron chi connectivity index (χ1n) is 6.46. The van der Waals surface area contributed by atoms with Gasteiger partial charge < -0.3 is 10.0 Å². The van der Waals surface area contributed by atoms with Gasteiger partial charge in [0.15, 0.2) is 0 Å². The van der Waals surface area contributed by atoms with Gasteiger partial charge in [-0.3, -0.25) is 0 Å². The highest BCUT2D eigenvalue weighted by Crippen LogP contribution is 2.49. The van der Waals surface area contributed by atoms with Crippen molar-refractivity contribution in [2.24, 2.45) is 0 Å². The smallest absolute Gasteiger partial charge is 0.101 e. The van der Waals surface area contributed by atoms with Gasteiger partial charge in [-0.1, -0.05) is 30.0 Å². The quantitative estimate of drug-likeness (QED) is 0.915. The van der Waals surface area contributed by atoms with E-state index in [4.69, 9.17) is 0 Å². The van der Waals surface area contributed by atoms with E-state index in [1.807, 2.05) is 43.3 Å². The average Bonchev–Trinajstić information content (AvgIpc) is 2.51. The van der Waals surface area contributed by atoms with Crippen molar-refractivity contribution < 1.29 is 5.11 Å². The monoisotopic (exact) mass is 282 g/mol. The highest BCUT2D eigenvalue weighted by atomic mass is 32.2. The minimum Gasteiger partial charge on any atom is -0.394 e. The fourth-order valence-electron chi connectivity index (χ4n) is 2.46. The van der Waals surface area contributed by atoms with Crippen molar-refractivity contribution >= 4 is 23.1 Å². The molecule has 0 radical (unpaired) electrons. The molecule has 20 heavy (non-hydrogen) atoms. The summed E-state index contributed by atoms with van der Waals surface area (Å²) < 4.78 is 0. The van der Waals surface area contributed by atoms with Gasteiger partial charge in [0.05, 0.1) is 29.6 Å². The Morgan fingerprint density at radius 2 is 1.95 bits per heavy atom. The summed E-state index contributed by atoms with van der Waals surface area (Å²) in [4.78, 5) is 4.28. The Kier molecular flexibility index (Phi) is 3.39. The van der Waals surface area contributed by atoms with Crippen molar-refractivity contribution in [1.29, 1.82) is 5.26 Å². The molecule has 2 aromatic carbocycles. The molecule has 1 aliphatic heterocycles. The van der Waals surface area contributed by atoms with Gasteiger partial charge in [-0.15, -0.1) is 0 Å². The van der Waals surface area contributed by atoms with E-state index in [1.165, 1.54) is 0 Å². The van der Waals surface area contributed by atoms with Gasteiger partial charge in [-0.2, -0.15) is 5.26 Å². The molecule has 2 aromatic rings. The van der Waals surface area contributed by atoms with E-state index in [-0.39, 0.29) is 12.6 Å². The molecule has 1 N–H and O–H groups in total. The summed E-state index contributed by atoms with van der Waals surface area (Å²) in [6.07, 6.45) is 0. The van der Waals surface area contributed by atoms with Crippen LogP contribution in [0.4, 0.5) is 11.4 Å². The molecule has 0 spiro atoms. The maximum absolute atomic E-state index is 9.57. The number of hydrogen-bond acceptors (Lipinski definition) is 4. The van der Waals surface area contributed by atoms with Crippen molar-refractivity contribution in [2.45, 2.75) is 22.8 Å². The van der Waals surface area contributed by atoms with Crippen LogP contribution >= 0.6 is 11.8 Å². The Bertz CT molecular complexity index is 693. The standard InChI is InChI=1S/C16H14N2OS/c1-11(10-19)18-13-6-2-3-7-14(13)20-15-8-4-5-12(9-17)16(15)18/h2-8,11,19H,10H2,1H3. The molecule has 0 aromatic heterocycles. The number of nitriles is 1. The highest BCUT2D eigenvalue weighted by Gasteiger charge is 2.28. The number of nitrogens with zero attached hydrogens (tertiary/aromatic N) is 2. The van der Waals surface area contributed by atoms with E-state index in [0.717, 1.165) is 21.2 Å². The molecule has 1 unspecified atom stereocenters. The van der Waals surface area contributed by atoms with Crippen LogP contribution in [-0.2, 0) is 0 Å². The third kappa shape index (κ3) is 1.96. The minimum absolute atomic E-state index is 0.0399. The fraction of sp³-hybridized carbons (Fsp3) is 0.188. The number of benzene rings is 2. The van der Waals surface area contributed by atoms with E-state index in [9.17, 15) is 10.4 Å². The number of anilines is 2. The predicted molar refractivity (Wildman–Crippen MR) is 80.4 cm³/mol. The second kappa shape index (κ2) is 5.20. The Balaban J connectivity index is 2.25. The van der Waals surface area contributed by atoms with Gasteiger partial charge in [-0.25, -0.2) is 0 Å². The van der Waals surface area contributed by atoms with Crippen molar-refractivity contribution in [1.82, 2.24) is 0 Å². The third-order valence-corrected chi connectivity index (χ3v) is 4.52. The van der Waals surface area contributed by atoms with Crippen LogP contribution in [0, 0.1) is 11.3 Å². The first-order chi connectivity index (χ1) is 9.76. The predicted octanol–water partition coefficient (Wildman–Crippen LogP) is 3.54. The van der Waals surface area contributed by atoms with Crippen LogP contribution in [0.3, 0.4) is 0 Å². The first-order valence-corrected chi connectivity index (χ1v) is 7.28. The average molecular weight is 282 g/mol. The summed E-state index contributed by atoms with van der Waals surface area (Å²) in [7, 11) is 0. The second-order valence-electron chi connectivity index (χ2n) is 4.74. The summed E-state index contributed by atoms with van der Waals surface area (Å²) >= 11 is 1.67.